The summed E-state index contributed by atoms with van der Waals surface area (Å²) in [6.45, 7) is 0. The van der Waals surface area contributed by atoms with Crippen LogP contribution in [0.2, 0.25) is 0 Å². The average Bonchev–Trinajstić information content (AvgIpc) is 2.46. The molecule has 0 amide bonds. The van der Waals surface area contributed by atoms with Crippen LogP contribution in [-0.4, -0.2) is 30.3 Å². The third-order valence-electron chi connectivity index (χ3n) is 3.33. The number of benzene rings is 1. The van der Waals surface area contributed by atoms with Crippen molar-refractivity contribution in [1.82, 2.24) is 0 Å². The predicted octanol–water partition coefficient (Wildman–Crippen LogP) is 3.02. The van der Waals surface area contributed by atoms with Gasteiger partial charge in [0, 0.05) is 5.25 Å². The van der Waals surface area contributed by atoms with E-state index in [1.165, 1.54) is 12.8 Å². The maximum atomic E-state index is 10.6. The number of hydrogen-bond acceptors (Lipinski definition) is 4. The average molecular weight is 268 g/mol. The van der Waals surface area contributed by atoms with E-state index in [2.05, 4.69) is 0 Å². The first-order chi connectivity index (χ1) is 8.77. The summed E-state index contributed by atoms with van der Waals surface area (Å²) in [5, 5.41) is 10.8. The lowest BCUT2D eigenvalue weighted by Gasteiger charge is -2.28. The molecule has 1 aliphatic heterocycles. The standard InChI is InChI=1S/C14H20O3S/c1-16-10-6-5-7-11(17-2)13(10)14(15)12-8-3-4-9-18-12/h5-7,12,14-15H,3-4,8-9H2,1-2H3. The van der Waals surface area contributed by atoms with Crippen molar-refractivity contribution in [1.29, 1.82) is 0 Å². The van der Waals surface area contributed by atoms with E-state index in [1.807, 2.05) is 30.0 Å². The molecule has 1 aromatic rings. The summed E-state index contributed by atoms with van der Waals surface area (Å²) in [7, 11) is 3.25. The van der Waals surface area contributed by atoms with Crippen molar-refractivity contribution in [3.63, 3.8) is 0 Å². The SMILES string of the molecule is COc1cccc(OC)c1C(O)C1CCCCS1. The lowest BCUT2D eigenvalue weighted by Crippen LogP contribution is -2.20. The number of aliphatic hydroxyl groups is 1. The highest BCUT2D eigenvalue weighted by Gasteiger charge is 2.28. The molecule has 0 aromatic heterocycles. The van der Waals surface area contributed by atoms with Gasteiger partial charge in [0.2, 0.25) is 0 Å². The molecule has 1 heterocycles. The number of hydrogen-bond donors (Lipinski definition) is 1. The van der Waals surface area contributed by atoms with Crippen LogP contribution in [0.4, 0.5) is 0 Å². The van der Waals surface area contributed by atoms with E-state index in [-0.39, 0.29) is 5.25 Å². The number of rotatable bonds is 4. The first-order valence-corrected chi connectivity index (χ1v) is 7.33. The molecule has 2 atom stereocenters. The highest BCUT2D eigenvalue weighted by atomic mass is 32.2. The van der Waals surface area contributed by atoms with Gasteiger partial charge in [0.05, 0.1) is 25.9 Å². The van der Waals surface area contributed by atoms with Gasteiger partial charge < -0.3 is 14.6 Å². The van der Waals surface area contributed by atoms with Crippen LogP contribution >= 0.6 is 11.8 Å². The lowest BCUT2D eigenvalue weighted by atomic mass is 10.00. The van der Waals surface area contributed by atoms with Crippen LogP contribution in [0.5, 0.6) is 11.5 Å². The molecule has 1 aromatic carbocycles. The Bertz CT molecular complexity index is 366. The van der Waals surface area contributed by atoms with Gasteiger partial charge in [-0.3, -0.25) is 0 Å². The Morgan fingerprint density at radius 1 is 1.22 bits per heavy atom. The van der Waals surface area contributed by atoms with E-state index >= 15 is 0 Å². The Hall–Kier alpha value is -0.870. The fourth-order valence-electron chi connectivity index (χ4n) is 2.37. The second kappa shape index (κ2) is 6.34. The number of aliphatic hydroxyl groups excluding tert-OH is 1. The molecule has 0 aliphatic carbocycles. The van der Waals surface area contributed by atoms with E-state index in [0.717, 1.165) is 17.7 Å². The molecule has 0 bridgehead atoms. The summed E-state index contributed by atoms with van der Waals surface area (Å²) in [4.78, 5) is 0. The zero-order valence-electron chi connectivity index (χ0n) is 10.9. The zero-order valence-corrected chi connectivity index (χ0v) is 11.7. The molecule has 1 fully saturated rings. The van der Waals surface area contributed by atoms with Gasteiger partial charge >= 0.3 is 0 Å². The molecule has 18 heavy (non-hydrogen) atoms. The summed E-state index contributed by atoms with van der Waals surface area (Å²) in [5.74, 6) is 2.53. The molecule has 0 spiro atoms. The molecule has 100 valence electrons. The van der Waals surface area contributed by atoms with Gasteiger partial charge in [-0.25, -0.2) is 0 Å². The first kappa shape index (κ1) is 13.6. The van der Waals surface area contributed by atoms with E-state index in [0.29, 0.717) is 11.5 Å². The fraction of sp³-hybridized carbons (Fsp3) is 0.571. The number of ether oxygens (including phenoxy) is 2. The quantitative estimate of drug-likeness (QED) is 0.911. The molecule has 1 saturated heterocycles. The van der Waals surface area contributed by atoms with Crippen molar-refractivity contribution >= 4 is 11.8 Å². The van der Waals surface area contributed by atoms with Crippen molar-refractivity contribution in [2.75, 3.05) is 20.0 Å². The van der Waals surface area contributed by atoms with Gasteiger partial charge in [-0.05, 0) is 30.7 Å². The fourth-order valence-corrected chi connectivity index (χ4v) is 3.70. The van der Waals surface area contributed by atoms with Gasteiger partial charge in [-0.2, -0.15) is 11.8 Å². The van der Waals surface area contributed by atoms with Crippen LogP contribution in [-0.2, 0) is 0 Å². The predicted molar refractivity (Wildman–Crippen MR) is 74.6 cm³/mol. The molecule has 4 heteroatoms. The molecule has 1 aliphatic rings. The lowest BCUT2D eigenvalue weighted by molar-refractivity contribution is 0.160. The van der Waals surface area contributed by atoms with Crippen LogP contribution in [0.25, 0.3) is 0 Å². The summed E-state index contributed by atoms with van der Waals surface area (Å²) in [6, 6.07) is 5.62. The smallest absolute Gasteiger partial charge is 0.128 e. The van der Waals surface area contributed by atoms with Gasteiger partial charge in [0.15, 0.2) is 0 Å². The minimum Gasteiger partial charge on any atom is -0.496 e. The molecule has 0 saturated carbocycles. The maximum Gasteiger partial charge on any atom is 0.128 e. The van der Waals surface area contributed by atoms with Gasteiger partial charge in [0.25, 0.3) is 0 Å². The molecular weight excluding hydrogens is 248 g/mol. The second-order valence-electron chi connectivity index (χ2n) is 4.43. The van der Waals surface area contributed by atoms with E-state index in [9.17, 15) is 5.11 Å². The van der Waals surface area contributed by atoms with E-state index in [1.54, 1.807) is 14.2 Å². The van der Waals surface area contributed by atoms with Crippen LogP contribution in [0.15, 0.2) is 18.2 Å². The van der Waals surface area contributed by atoms with Crippen molar-refractivity contribution in [3.8, 4) is 11.5 Å². The van der Waals surface area contributed by atoms with E-state index in [4.69, 9.17) is 9.47 Å². The summed E-state index contributed by atoms with van der Waals surface area (Å²) >= 11 is 1.84. The highest BCUT2D eigenvalue weighted by molar-refractivity contribution is 7.99. The number of methoxy groups -OCH3 is 2. The Kier molecular flexibility index (Phi) is 4.78. The largest absolute Gasteiger partial charge is 0.496 e. The normalized spacial score (nSPS) is 21.4. The van der Waals surface area contributed by atoms with Gasteiger partial charge in [-0.15, -0.1) is 0 Å². The summed E-state index contributed by atoms with van der Waals surface area (Å²) in [6.07, 6.45) is 2.96. The number of thioether (sulfide) groups is 1. The van der Waals surface area contributed by atoms with Crippen LogP contribution < -0.4 is 9.47 Å². The summed E-state index contributed by atoms with van der Waals surface area (Å²) in [5.41, 5.74) is 0.780. The van der Waals surface area contributed by atoms with E-state index < -0.39 is 6.10 Å². The third-order valence-corrected chi connectivity index (χ3v) is 4.77. The topological polar surface area (TPSA) is 38.7 Å². The molecule has 0 radical (unpaired) electrons. The Morgan fingerprint density at radius 2 is 1.89 bits per heavy atom. The highest BCUT2D eigenvalue weighted by Crippen LogP contribution is 2.41. The van der Waals surface area contributed by atoms with Crippen molar-refractivity contribution in [2.45, 2.75) is 30.6 Å². The van der Waals surface area contributed by atoms with Crippen molar-refractivity contribution in [2.24, 2.45) is 0 Å². The van der Waals surface area contributed by atoms with Crippen molar-refractivity contribution in [3.05, 3.63) is 23.8 Å². The van der Waals surface area contributed by atoms with Crippen molar-refractivity contribution < 1.29 is 14.6 Å². The molecular formula is C14H20O3S. The van der Waals surface area contributed by atoms with Gasteiger partial charge in [0.1, 0.15) is 11.5 Å². The molecule has 3 nitrogen and oxygen atoms in total. The second-order valence-corrected chi connectivity index (χ2v) is 5.77. The Balaban J connectivity index is 2.29. The molecule has 2 rings (SSSR count). The molecule has 2 unspecified atom stereocenters. The van der Waals surface area contributed by atoms with Crippen LogP contribution in [0.3, 0.4) is 0 Å². The Labute approximate surface area is 112 Å². The minimum absolute atomic E-state index is 0.240. The zero-order chi connectivity index (χ0) is 13.0. The third kappa shape index (κ3) is 2.75. The van der Waals surface area contributed by atoms with Crippen LogP contribution in [0, 0.1) is 0 Å². The van der Waals surface area contributed by atoms with Crippen LogP contribution in [0.1, 0.15) is 30.9 Å². The first-order valence-electron chi connectivity index (χ1n) is 6.28. The maximum absolute atomic E-state index is 10.6. The van der Waals surface area contributed by atoms with Gasteiger partial charge in [-0.1, -0.05) is 12.5 Å². The minimum atomic E-state index is -0.526. The molecule has 1 N–H and O–H groups in total. The Morgan fingerprint density at radius 3 is 2.39 bits per heavy atom. The summed E-state index contributed by atoms with van der Waals surface area (Å²) < 4.78 is 10.7. The monoisotopic (exact) mass is 268 g/mol.